The molecular weight excluding hydrogens is 400 g/mol. The molecule has 0 saturated heterocycles. The van der Waals surface area contributed by atoms with Gasteiger partial charge in [0.2, 0.25) is 0 Å². The number of nitrogens with zero attached hydrogens (tertiary/aromatic N) is 2. The van der Waals surface area contributed by atoms with Gasteiger partial charge in [-0.15, -0.1) is 0 Å². The second-order valence-corrected chi connectivity index (χ2v) is 7.29. The Morgan fingerprint density at radius 3 is 2.61 bits per heavy atom. The molecule has 0 aliphatic heterocycles. The highest BCUT2D eigenvalue weighted by Gasteiger charge is 2.26. The smallest absolute Gasteiger partial charge is 0.330 e. The fourth-order valence-electron chi connectivity index (χ4n) is 3.56. The van der Waals surface area contributed by atoms with Crippen molar-refractivity contribution in [2.24, 2.45) is 5.92 Å². The Morgan fingerprint density at radius 2 is 1.97 bits per heavy atom. The van der Waals surface area contributed by atoms with Gasteiger partial charge in [-0.2, -0.15) is 0 Å². The van der Waals surface area contributed by atoms with Gasteiger partial charge in [-0.05, 0) is 31.7 Å². The minimum atomic E-state index is -0.772. The van der Waals surface area contributed by atoms with Crippen LogP contribution in [-0.4, -0.2) is 34.6 Å². The van der Waals surface area contributed by atoms with Crippen molar-refractivity contribution < 1.29 is 14.3 Å². The first kappa shape index (κ1) is 22.1. The standard InChI is InChI=1S/C22H26N4O5/c1-2-25(17(27)14-31-21(29)16-11-7-4-8-12-16)18-19(23)26(22(30)24-20(18)28)13-15-9-5-3-6-10-15/h3-7,9-10,16H,2,8,11-14,23H2,1H3,(H,24,28,30). The molecule has 0 spiro atoms. The van der Waals surface area contributed by atoms with Crippen LogP contribution in [0.3, 0.4) is 0 Å². The molecule has 3 N–H and O–H groups in total. The number of anilines is 2. The Labute approximate surface area is 179 Å². The molecule has 1 unspecified atom stereocenters. The van der Waals surface area contributed by atoms with E-state index in [0.717, 1.165) is 16.9 Å². The van der Waals surface area contributed by atoms with E-state index in [0.29, 0.717) is 12.8 Å². The predicted molar refractivity (Wildman–Crippen MR) is 117 cm³/mol. The van der Waals surface area contributed by atoms with Gasteiger partial charge in [-0.25, -0.2) is 4.79 Å². The lowest BCUT2D eigenvalue weighted by Crippen LogP contribution is -2.43. The van der Waals surface area contributed by atoms with Crippen molar-refractivity contribution in [1.29, 1.82) is 0 Å². The van der Waals surface area contributed by atoms with Crippen LogP contribution >= 0.6 is 0 Å². The molecule has 0 fully saturated rings. The third kappa shape index (κ3) is 5.11. The molecule has 9 nitrogen and oxygen atoms in total. The molecule has 1 aliphatic carbocycles. The van der Waals surface area contributed by atoms with Gasteiger partial charge in [0.1, 0.15) is 5.82 Å². The minimum Gasteiger partial charge on any atom is -0.455 e. The number of nitrogen functional groups attached to an aromatic ring is 1. The molecule has 0 saturated carbocycles. The van der Waals surface area contributed by atoms with E-state index in [-0.39, 0.29) is 30.5 Å². The van der Waals surface area contributed by atoms with Gasteiger partial charge >= 0.3 is 11.7 Å². The number of likely N-dealkylation sites (N-methyl/N-ethyl adjacent to an activating group) is 1. The van der Waals surface area contributed by atoms with Crippen molar-refractivity contribution in [2.75, 3.05) is 23.8 Å². The summed E-state index contributed by atoms with van der Waals surface area (Å²) in [7, 11) is 0. The summed E-state index contributed by atoms with van der Waals surface area (Å²) in [5, 5.41) is 0. The van der Waals surface area contributed by atoms with Crippen LogP contribution in [0.1, 0.15) is 31.7 Å². The monoisotopic (exact) mass is 426 g/mol. The first-order chi connectivity index (χ1) is 14.9. The first-order valence-electron chi connectivity index (χ1n) is 10.2. The van der Waals surface area contributed by atoms with E-state index < -0.39 is 29.7 Å². The number of amides is 1. The molecule has 1 aromatic carbocycles. The Balaban J connectivity index is 1.81. The van der Waals surface area contributed by atoms with Crippen LogP contribution in [0.25, 0.3) is 0 Å². The zero-order chi connectivity index (χ0) is 22.4. The summed E-state index contributed by atoms with van der Waals surface area (Å²) in [6.45, 7) is 1.39. The number of nitrogens with one attached hydrogen (secondary N) is 1. The molecular formula is C22H26N4O5. The van der Waals surface area contributed by atoms with Gasteiger partial charge in [0.05, 0.1) is 12.5 Å². The van der Waals surface area contributed by atoms with E-state index >= 15 is 0 Å². The minimum absolute atomic E-state index is 0.110. The third-order valence-corrected chi connectivity index (χ3v) is 5.23. The van der Waals surface area contributed by atoms with Gasteiger partial charge in [0.15, 0.2) is 12.3 Å². The Hall–Kier alpha value is -3.62. The average molecular weight is 426 g/mol. The van der Waals surface area contributed by atoms with E-state index in [4.69, 9.17) is 10.5 Å². The number of aromatic nitrogens is 2. The molecule has 3 rings (SSSR count). The Bertz CT molecular complexity index is 1090. The number of nitrogens with two attached hydrogens (primary N) is 1. The number of carbonyl (C=O) groups is 2. The normalized spacial score (nSPS) is 15.5. The molecule has 1 amide bonds. The average Bonchev–Trinajstić information content (AvgIpc) is 2.78. The number of aromatic amines is 1. The highest BCUT2D eigenvalue weighted by molar-refractivity contribution is 5.97. The molecule has 1 atom stereocenters. The Morgan fingerprint density at radius 1 is 1.23 bits per heavy atom. The van der Waals surface area contributed by atoms with Crippen LogP contribution in [0.15, 0.2) is 52.1 Å². The number of hydrogen-bond acceptors (Lipinski definition) is 6. The Kier molecular flexibility index (Phi) is 7.07. The lowest BCUT2D eigenvalue weighted by molar-refractivity contribution is -0.152. The molecule has 2 aromatic rings. The summed E-state index contributed by atoms with van der Waals surface area (Å²) in [4.78, 5) is 53.2. The maximum atomic E-state index is 12.8. The number of rotatable bonds is 7. The fraction of sp³-hybridized carbons (Fsp3) is 0.364. The number of benzene rings is 1. The summed E-state index contributed by atoms with van der Waals surface area (Å²) in [6, 6.07) is 9.12. The highest BCUT2D eigenvalue weighted by atomic mass is 16.5. The summed E-state index contributed by atoms with van der Waals surface area (Å²) in [5.41, 5.74) is 5.38. The quantitative estimate of drug-likeness (QED) is 0.509. The van der Waals surface area contributed by atoms with Crippen molar-refractivity contribution in [3.63, 3.8) is 0 Å². The van der Waals surface area contributed by atoms with Crippen LogP contribution in [0.5, 0.6) is 0 Å². The molecule has 0 bridgehead atoms. The van der Waals surface area contributed by atoms with Crippen molar-refractivity contribution in [2.45, 2.75) is 32.7 Å². The fourth-order valence-corrected chi connectivity index (χ4v) is 3.56. The SMILES string of the molecule is CCN(C(=O)COC(=O)C1CC=CCC1)c1c(N)n(Cc2ccccc2)c(=O)[nH]c1=O. The molecule has 1 aromatic heterocycles. The van der Waals surface area contributed by atoms with Gasteiger partial charge in [-0.3, -0.25) is 23.9 Å². The van der Waals surface area contributed by atoms with Crippen molar-refractivity contribution in [1.82, 2.24) is 9.55 Å². The third-order valence-electron chi connectivity index (χ3n) is 5.23. The van der Waals surface area contributed by atoms with E-state index in [9.17, 15) is 19.2 Å². The van der Waals surface area contributed by atoms with Crippen molar-refractivity contribution >= 4 is 23.4 Å². The summed E-state index contributed by atoms with van der Waals surface area (Å²) >= 11 is 0. The van der Waals surface area contributed by atoms with Crippen molar-refractivity contribution in [3.8, 4) is 0 Å². The lowest BCUT2D eigenvalue weighted by Gasteiger charge is -2.23. The number of H-pyrrole nitrogens is 1. The molecule has 9 heteroatoms. The van der Waals surface area contributed by atoms with Gasteiger partial charge in [0.25, 0.3) is 11.5 Å². The van der Waals surface area contributed by atoms with Crippen LogP contribution in [0.2, 0.25) is 0 Å². The lowest BCUT2D eigenvalue weighted by atomic mass is 9.95. The van der Waals surface area contributed by atoms with Crippen LogP contribution in [0, 0.1) is 5.92 Å². The van der Waals surface area contributed by atoms with Crippen LogP contribution < -0.4 is 21.9 Å². The summed E-state index contributed by atoms with van der Waals surface area (Å²) in [5.74, 6) is -1.43. The van der Waals surface area contributed by atoms with E-state index in [2.05, 4.69) is 4.98 Å². The molecule has 164 valence electrons. The maximum Gasteiger partial charge on any atom is 0.330 e. The van der Waals surface area contributed by atoms with E-state index in [1.165, 1.54) is 4.57 Å². The van der Waals surface area contributed by atoms with Crippen LogP contribution in [-0.2, 0) is 20.9 Å². The summed E-state index contributed by atoms with van der Waals surface area (Å²) in [6.07, 6.45) is 5.99. The largest absolute Gasteiger partial charge is 0.455 e. The summed E-state index contributed by atoms with van der Waals surface area (Å²) < 4.78 is 6.39. The van der Waals surface area contributed by atoms with Crippen molar-refractivity contribution in [3.05, 3.63) is 68.9 Å². The zero-order valence-corrected chi connectivity index (χ0v) is 17.4. The second kappa shape index (κ2) is 9.92. The number of ether oxygens (including phenoxy) is 1. The zero-order valence-electron chi connectivity index (χ0n) is 17.4. The topological polar surface area (TPSA) is 127 Å². The van der Waals surface area contributed by atoms with Gasteiger partial charge in [0, 0.05) is 6.54 Å². The molecule has 1 aliphatic rings. The van der Waals surface area contributed by atoms with Gasteiger partial charge < -0.3 is 15.4 Å². The first-order valence-corrected chi connectivity index (χ1v) is 10.2. The highest BCUT2D eigenvalue weighted by Crippen LogP contribution is 2.20. The molecule has 0 radical (unpaired) electrons. The number of esters is 1. The van der Waals surface area contributed by atoms with E-state index in [1.807, 2.05) is 42.5 Å². The molecule has 31 heavy (non-hydrogen) atoms. The number of allylic oxidation sites excluding steroid dienone is 2. The number of carbonyl (C=O) groups excluding carboxylic acids is 2. The predicted octanol–water partition coefficient (Wildman–Crippen LogP) is 1.42. The second-order valence-electron chi connectivity index (χ2n) is 7.29. The maximum absolute atomic E-state index is 12.8. The molecule has 1 heterocycles. The number of hydrogen-bond donors (Lipinski definition) is 2. The van der Waals surface area contributed by atoms with Crippen LogP contribution in [0.4, 0.5) is 11.5 Å². The van der Waals surface area contributed by atoms with Gasteiger partial charge in [-0.1, -0.05) is 42.5 Å². The van der Waals surface area contributed by atoms with E-state index in [1.54, 1.807) is 6.92 Å².